The van der Waals surface area contributed by atoms with Gasteiger partial charge in [0.2, 0.25) is 0 Å². The third-order valence-electron chi connectivity index (χ3n) is 3.91. The summed E-state index contributed by atoms with van der Waals surface area (Å²) in [6.07, 6.45) is 7.60. The van der Waals surface area contributed by atoms with Gasteiger partial charge in [-0.05, 0) is 38.3 Å². The van der Waals surface area contributed by atoms with Crippen LogP contribution in [0.3, 0.4) is 0 Å². The van der Waals surface area contributed by atoms with Crippen LogP contribution < -0.4 is 5.32 Å². The van der Waals surface area contributed by atoms with Crippen LogP contribution in [0.4, 0.5) is 0 Å². The molecule has 1 aromatic heterocycles. The van der Waals surface area contributed by atoms with E-state index in [-0.39, 0.29) is 0 Å². The molecule has 1 saturated heterocycles. The van der Waals surface area contributed by atoms with Crippen LogP contribution in [0.2, 0.25) is 0 Å². The lowest BCUT2D eigenvalue weighted by molar-refractivity contribution is 0.562. The molecule has 1 saturated carbocycles. The Labute approximate surface area is 96.2 Å². The lowest BCUT2D eigenvalue weighted by Crippen LogP contribution is -2.11. The van der Waals surface area contributed by atoms with E-state index in [9.17, 15) is 0 Å². The van der Waals surface area contributed by atoms with Crippen molar-refractivity contribution >= 4 is 0 Å². The Morgan fingerprint density at radius 3 is 2.81 bits per heavy atom. The number of rotatable bonds is 3. The molecule has 0 aromatic carbocycles. The number of hydrogen-bond donors (Lipinski definition) is 2. The first kappa shape index (κ1) is 10.3. The fourth-order valence-corrected chi connectivity index (χ4v) is 2.93. The highest BCUT2D eigenvalue weighted by molar-refractivity contribution is 5.01. The molecular formula is C12H20N4. The molecule has 2 aliphatic rings. The van der Waals surface area contributed by atoms with Gasteiger partial charge in [0.15, 0.2) is 5.82 Å². The van der Waals surface area contributed by atoms with Crippen molar-refractivity contribution < 1.29 is 0 Å². The smallest absolute Gasteiger partial charge is 0.153 e. The summed E-state index contributed by atoms with van der Waals surface area (Å²) in [5.74, 6) is 3.55. The molecule has 0 amide bonds. The van der Waals surface area contributed by atoms with Gasteiger partial charge in [-0.15, -0.1) is 0 Å². The van der Waals surface area contributed by atoms with E-state index in [0.717, 1.165) is 37.1 Å². The number of hydrogen-bond acceptors (Lipinski definition) is 3. The van der Waals surface area contributed by atoms with Crippen molar-refractivity contribution in [1.29, 1.82) is 0 Å². The van der Waals surface area contributed by atoms with E-state index in [1.165, 1.54) is 32.1 Å². The SMILES string of the molecule is C1CCC(c2n[nH]c(CC3CCNC3)n2)C1. The van der Waals surface area contributed by atoms with Crippen molar-refractivity contribution in [1.82, 2.24) is 20.5 Å². The van der Waals surface area contributed by atoms with Gasteiger partial charge in [0.05, 0.1) is 0 Å². The van der Waals surface area contributed by atoms with Crippen LogP contribution in [-0.4, -0.2) is 28.3 Å². The standard InChI is InChI=1S/C12H20N4/c1-2-4-10(3-1)12-14-11(15-16-12)7-9-5-6-13-8-9/h9-10,13H,1-8H2,(H,14,15,16). The molecule has 2 heterocycles. The third kappa shape index (κ3) is 2.12. The van der Waals surface area contributed by atoms with E-state index in [1.807, 2.05) is 0 Å². The largest absolute Gasteiger partial charge is 0.316 e. The summed E-state index contributed by atoms with van der Waals surface area (Å²) in [4.78, 5) is 4.66. The van der Waals surface area contributed by atoms with Crippen molar-refractivity contribution in [2.75, 3.05) is 13.1 Å². The van der Waals surface area contributed by atoms with E-state index < -0.39 is 0 Å². The highest BCUT2D eigenvalue weighted by atomic mass is 15.2. The van der Waals surface area contributed by atoms with Crippen LogP contribution in [0.25, 0.3) is 0 Å². The van der Waals surface area contributed by atoms with Gasteiger partial charge in [0.1, 0.15) is 5.82 Å². The number of aromatic amines is 1. The minimum absolute atomic E-state index is 0.631. The molecule has 1 aliphatic heterocycles. The Balaban J connectivity index is 1.62. The zero-order valence-electron chi connectivity index (χ0n) is 9.71. The molecule has 88 valence electrons. The zero-order chi connectivity index (χ0) is 10.8. The Hall–Kier alpha value is -0.900. The van der Waals surface area contributed by atoms with Crippen molar-refractivity contribution in [3.8, 4) is 0 Å². The molecule has 3 rings (SSSR count). The highest BCUT2D eigenvalue weighted by Gasteiger charge is 2.22. The monoisotopic (exact) mass is 220 g/mol. The van der Waals surface area contributed by atoms with Crippen LogP contribution in [0, 0.1) is 5.92 Å². The van der Waals surface area contributed by atoms with E-state index in [4.69, 9.17) is 0 Å². The number of nitrogens with zero attached hydrogens (tertiary/aromatic N) is 2. The van der Waals surface area contributed by atoms with E-state index in [2.05, 4.69) is 20.5 Å². The fraction of sp³-hybridized carbons (Fsp3) is 0.833. The van der Waals surface area contributed by atoms with Crippen LogP contribution in [-0.2, 0) is 6.42 Å². The quantitative estimate of drug-likeness (QED) is 0.813. The first-order chi connectivity index (χ1) is 7.92. The maximum absolute atomic E-state index is 4.66. The molecule has 2 fully saturated rings. The van der Waals surface area contributed by atoms with Gasteiger partial charge in [0, 0.05) is 12.3 Å². The molecule has 1 atom stereocenters. The molecule has 1 aromatic rings. The average molecular weight is 220 g/mol. The summed E-state index contributed by atoms with van der Waals surface area (Å²) >= 11 is 0. The Morgan fingerprint density at radius 1 is 1.19 bits per heavy atom. The van der Waals surface area contributed by atoms with Crippen LogP contribution in [0.1, 0.15) is 49.7 Å². The van der Waals surface area contributed by atoms with Crippen molar-refractivity contribution in [2.24, 2.45) is 5.92 Å². The Bertz CT molecular complexity index is 335. The summed E-state index contributed by atoms with van der Waals surface area (Å²) in [7, 11) is 0. The molecule has 1 aliphatic carbocycles. The Kier molecular flexibility index (Phi) is 2.91. The first-order valence-corrected chi connectivity index (χ1v) is 6.54. The van der Waals surface area contributed by atoms with Gasteiger partial charge in [-0.3, -0.25) is 5.10 Å². The molecule has 0 spiro atoms. The predicted molar refractivity (Wildman–Crippen MR) is 62.3 cm³/mol. The molecule has 4 heteroatoms. The second-order valence-corrected chi connectivity index (χ2v) is 5.18. The van der Waals surface area contributed by atoms with Gasteiger partial charge in [-0.25, -0.2) is 4.98 Å². The molecule has 1 unspecified atom stereocenters. The van der Waals surface area contributed by atoms with E-state index in [0.29, 0.717) is 5.92 Å². The third-order valence-corrected chi connectivity index (χ3v) is 3.91. The average Bonchev–Trinajstić information content (AvgIpc) is 2.99. The summed E-state index contributed by atoms with van der Waals surface area (Å²) in [5.41, 5.74) is 0. The summed E-state index contributed by atoms with van der Waals surface area (Å²) in [6.45, 7) is 2.30. The van der Waals surface area contributed by atoms with Gasteiger partial charge in [-0.2, -0.15) is 5.10 Å². The molecule has 2 N–H and O–H groups in total. The molecular weight excluding hydrogens is 200 g/mol. The van der Waals surface area contributed by atoms with Crippen molar-refractivity contribution in [3.63, 3.8) is 0 Å². The number of H-pyrrole nitrogens is 1. The maximum atomic E-state index is 4.66. The summed E-state index contributed by atoms with van der Waals surface area (Å²) < 4.78 is 0. The highest BCUT2D eigenvalue weighted by Crippen LogP contribution is 2.32. The number of nitrogens with one attached hydrogen (secondary N) is 2. The van der Waals surface area contributed by atoms with Crippen LogP contribution in [0.15, 0.2) is 0 Å². The van der Waals surface area contributed by atoms with E-state index in [1.54, 1.807) is 0 Å². The second kappa shape index (κ2) is 4.53. The molecule has 0 radical (unpaired) electrons. The van der Waals surface area contributed by atoms with Gasteiger partial charge in [0.25, 0.3) is 0 Å². The fourth-order valence-electron chi connectivity index (χ4n) is 2.93. The Morgan fingerprint density at radius 2 is 2.06 bits per heavy atom. The van der Waals surface area contributed by atoms with Gasteiger partial charge in [-0.1, -0.05) is 12.8 Å². The second-order valence-electron chi connectivity index (χ2n) is 5.18. The minimum Gasteiger partial charge on any atom is -0.316 e. The normalized spacial score (nSPS) is 26.6. The van der Waals surface area contributed by atoms with Crippen LogP contribution in [0.5, 0.6) is 0 Å². The number of aromatic nitrogens is 3. The first-order valence-electron chi connectivity index (χ1n) is 6.54. The molecule has 16 heavy (non-hydrogen) atoms. The zero-order valence-corrected chi connectivity index (χ0v) is 9.71. The summed E-state index contributed by atoms with van der Waals surface area (Å²) in [5, 5.41) is 10.9. The maximum Gasteiger partial charge on any atom is 0.153 e. The van der Waals surface area contributed by atoms with Gasteiger partial charge >= 0.3 is 0 Å². The molecule has 4 nitrogen and oxygen atoms in total. The molecule has 0 bridgehead atoms. The summed E-state index contributed by atoms with van der Waals surface area (Å²) in [6, 6.07) is 0. The lowest BCUT2D eigenvalue weighted by Gasteiger charge is -2.04. The van der Waals surface area contributed by atoms with Gasteiger partial charge < -0.3 is 5.32 Å². The topological polar surface area (TPSA) is 53.6 Å². The van der Waals surface area contributed by atoms with Crippen LogP contribution >= 0.6 is 0 Å². The van der Waals surface area contributed by atoms with E-state index >= 15 is 0 Å². The predicted octanol–water partition coefficient (Wildman–Crippen LogP) is 1.61. The van der Waals surface area contributed by atoms with Crippen molar-refractivity contribution in [2.45, 2.75) is 44.4 Å². The minimum atomic E-state index is 0.631. The van der Waals surface area contributed by atoms with Crippen molar-refractivity contribution in [3.05, 3.63) is 11.6 Å². The lowest BCUT2D eigenvalue weighted by atomic mass is 10.0.